The van der Waals surface area contributed by atoms with Crippen molar-refractivity contribution < 1.29 is 28.5 Å². The maximum absolute atomic E-state index is 12.1. The summed E-state index contributed by atoms with van der Waals surface area (Å²) in [7, 11) is 0. The molecule has 0 radical (unpaired) electrons. The molecule has 2 aliphatic heterocycles. The predicted octanol–water partition coefficient (Wildman–Crippen LogP) is -0.335. The number of esters is 2. The van der Waals surface area contributed by atoms with Crippen molar-refractivity contribution in [3.8, 4) is 0 Å². The Labute approximate surface area is 206 Å². The van der Waals surface area contributed by atoms with E-state index in [2.05, 4.69) is 9.97 Å². The smallest absolute Gasteiger partial charge is 0.351 e. The van der Waals surface area contributed by atoms with E-state index in [0.29, 0.717) is 11.5 Å². The molecular weight excluding hydrogens is 504 g/mol. The zero-order valence-corrected chi connectivity index (χ0v) is 19.8. The lowest BCUT2D eigenvalue weighted by Gasteiger charge is -2.15. The Morgan fingerprint density at radius 2 is 1.51 bits per heavy atom. The Bertz CT molecular complexity index is 1210. The van der Waals surface area contributed by atoms with E-state index in [-0.39, 0.29) is 31.1 Å². The molecule has 2 saturated heterocycles. The van der Waals surface area contributed by atoms with Gasteiger partial charge in [0.15, 0.2) is 6.23 Å². The highest BCUT2D eigenvalue weighted by molar-refractivity contribution is 8.00. The Balaban J connectivity index is 1.15. The molecule has 4 heterocycles. The number of rotatable bonds is 8. The van der Waals surface area contributed by atoms with Crippen molar-refractivity contribution in [2.24, 2.45) is 0 Å². The second-order valence-corrected chi connectivity index (χ2v) is 9.57. The topological polar surface area (TPSA) is 193 Å². The molecule has 0 saturated carbocycles. The lowest BCUT2D eigenvalue weighted by Crippen LogP contribution is -2.29. The van der Waals surface area contributed by atoms with Crippen LogP contribution in [0.4, 0.5) is 11.6 Å². The van der Waals surface area contributed by atoms with Crippen molar-refractivity contribution in [2.75, 3.05) is 29.6 Å². The highest BCUT2D eigenvalue weighted by atomic mass is 32.2. The van der Waals surface area contributed by atoms with Crippen molar-refractivity contribution >= 4 is 47.1 Å². The van der Waals surface area contributed by atoms with Crippen LogP contribution in [-0.4, -0.2) is 60.2 Å². The molecule has 4 rings (SSSR count). The first-order valence-corrected chi connectivity index (χ1v) is 12.5. The van der Waals surface area contributed by atoms with Crippen LogP contribution in [-0.2, 0) is 28.5 Å². The number of carbonyl (C=O) groups is 2. The quantitative estimate of drug-likeness (QED) is 0.424. The van der Waals surface area contributed by atoms with Crippen LogP contribution < -0.4 is 22.8 Å². The van der Waals surface area contributed by atoms with Crippen molar-refractivity contribution in [3.63, 3.8) is 0 Å². The molecule has 0 bridgehead atoms. The number of aromatic nitrogens is 4. The molecule has 4 atom stereocenters. The molecular formula is C19H22N6O8S2. The number of nitrogens with two attached hydrogens (primary N) is 2. The minimum atomic E-state index is -0.917. The number of anilines is 2. The number of nitrogens with zero attached hydrogens (tertiary/aromatic N) is 4. The molecule has 4 N–H and O–H groups in total. The molecule has 0 amide bonds. The lowest BCUT2D eigenvalue weighted by molar-refractivity contribution is -0.170. The fourth-order valence-corrected chi connectivity index (χ4v) is 5.08. The number of thioether (sulfide) groups is 2. The van der Waals surface area contributed by atoms with Crippen LogP contribution in [0.2, 0.25) is 0 Å². The molecule has 0 spiro atoms. The van der Waals surface area contributed by atoms with Crippen molar-refractivity contribution in [2.45, 2.75) is 36.4 Å². The van der Waals surface area contributed by atoms with Crippen LogP contribution in [0, 0.1) is 0 Å². The van der Waals surface area contributed by atoms with Crippen LogP contribution in [0.1, 0.15) is 25.3 Å². The van der Waals surface area contributed by atoms with Gasteiger partial charge in [-0.2, -0.15) is 9.97 Å². The highest BCUT2D eigenvalue weighted by Gasteiger charge is 2.31. The van der Waals surface area contributed by atoms with Gasteiger partial charge in [0.2, 0.25) is 0 Å². The van der Waals surface area contributed by atoms with E-state index in [1.807, 2.05) is 0 Å². The van der Waals surface area contributed by atoms with Crippen LogP contribution in [0.5, 0.6) is 0 Å². The summed E-state index contributed by atoms with van der Waals surface area (Å²) in [5.74, 6) is -0.196. The van der Waals surface area contributed by atoms with Gasteiger partial charge in [-0.3, -0.25) is 18.7 Å². The molecule has 0 aromatic carbocycles. The molecule has 188 valence electrons. The van der Waals surface area contributed by atoms with Gasteiger partial charge in [0, 0.05) is 23.9 Å². The standard InChI is InChI=1S/C19H22N6O8S2/c20-10-3-5-24(17(28)22-10)12-8-34-16(31-12)7-30-14(26)1-2-15(27)33-19-32-13(9-35-19)25-6-4-11(21)23-18(25)29/h3-6,12-13,16,19H,1-2,7-9H2,(H2,20,22,28)(H2,21,23,29). The lowest BCUT2D eigenvalue weighted by atomic mass is 10.3. The first-order chi connectivity index (χ1) is 16.8. The number of ether oxygens (including phenoxy) is 4. The first kappa shape index (κ1) is 25.0. The molecule has 4 unspecified atom stereocenters. The van der Waals surface area contributed by atoms with Gasteiger partial charge in [-0.05, 0) is 12.1 Å². The van der Waals surface area contributed by atoms with Gasteiger partial charge in [-0.25, -0.2) is 9.59 Å². The molecule has 2 aliphatic rings. The van der Waals surface area contributed by atoms with Crippen LogP contribution >= 0.6 is 23.5 Å². The molecule has 2 fully saturated rings. The zero-order chi connectivity index (χ0) is 24.9. The SMILES string of the molecule is Nc1ccn(C2CSC(COC(=O)CCC(=O)OC3OC(n4ccc(N)nc4=O)CS3)O2)c(=O)n1. The second-order valence-electron chi connectivity index (χ2n) is 7.32. The molecule has 14 nitrogen and oxygen atoms in total. The number of carbonyl (C=O) groups excluding carboxylic acids is 2. The van der Waals surface area contributed by atoms with Gasteiger partial charge in [0.25, 0.3) is 5.62 Å². The van der Waals surface area contributed by atoms with E-state index in [1.165, 1.54) is 57.2 Å². The number of nitrogen functional groups attached to an aromatic ring is 2. The predicted molar refractivity (Wildman–Crippen MR) is 125 cm³/mol. The average molecular weight is 527 g/mol. The average Bonchev–Trinajstić information content (AvgIpc) is 3.46. The van der Waals surface area contributed by atoms with Gasteiger partial charge in [-0.15, -0.1) is 11.8 Å². The van der Waals surface area contributed by atoms with Crippen molar-refractivity contribution in [1.29, 1.82) is 0 Å². The fourth-order valence-electron chi connectivity index (χ4n) is 3.15. The third kappa shape index (κ3) is 6.53. The minimum absolute atomic E-state index is 0.0418. The highest BCUT2D eigenvalue weighted by Crippen LogP contribution is 2.32. The summed E-state index contributed by atoms with van der Waals surface area (Å²) < 4.78 is 24.2. The molecule has 2 aromatic rings. The molecule has 35 heavy (non-hydrogen) atoms. The summed E-state index contributed by atoms with van der Waals surface area (Å²) in [5, 5.41) is 0. The summed E-state index contributed by atoms with van der Waals surface area (Å²) in [4.78, 5) is 55.2. The maximum Gasteiger partial charge on any atom is 0.351 e. The van der Waals surface area contributed by atoms with E-state index in [0.717, 1.165) is 0 Å². The van der Waals surface area contributed by atoms with Crippen LogP contribution in [0.15, 0.2) is 34.1 Å². The first-order valence-electron chi connectivity index (χ1n) is 10.4. The van der Waals surface area contributed by atoms with Crippen LogP contribution in [0.3, 0.4) is 0 Å². The van der Waals surface area contributed by atoms with Crippen LogP contribution in [0.25, 0.3) is 0 Å². The number of hydrogen-bond acceptors (Lipinski definition) is 14. The maximum atomic E-state index is 12.1. The summed E-state index contributed by atoms with van der Waals surface area (Å²) in [6.45, 7) is -0.0418. The molecule has 16 heteroatoms. The third-order valence-electron chi connectivity index (χ3n) is 4.84. The Hall–Kier alpha value is -3.08. The van der Waals surface area contributed by atoms with Gasteiger partial charge >= 0.3 is 23.3 Å². The van der Waals surface area contributed by atoms with E-state index >= 15 is 0 Å². The van der Waals surface area contributed by atoms with E-state index in [1.54, 1.807) is 0 Å². The Kier molecular flexibility index (Phi) is 7.94. The van der Waals surface area contributed by atoms with Gasteiger partial charge in [-0.1, -0.05) is 11.8 Å². The van der Waals surface area contributed by atoms with Gasteiger partial charge in [0.05, 0.1) is 12.8 Å². The minimum Gasteiger partial charge on any atom is -0.462 e. The van der Waals surface area contributed by atoms with Gasteiger partial charge < -0.3 is 30.4 Å². The summed E-state index contributed by atoms with van der Waals surface area (Å²) in [6.07, 6.45) is 1.35. The summed E-state index contributed by atoms with van der Waals surface area (Å²) in [5.41, 5.74) is 8.47. The largest absolute Gasteiger partial charge is 0.462 e. The Morgan fingerprint density at radius 1 is 0.943 bits per heavy atom. The van der Waals surface area contributed by atoms with Gasteiger partial charge in [0.1, 0.15) is 29.9 Å². The van der Waals surface area contributed by atoms with E-state index < -0.39 is 46.8 Å². The number of hydrogen-bond donors (Lipinski definition) is 2. The Morgan fingerprint density at radius 3 is 2.14 bits per heavy atom. The van der Waals surface area contributed by atoms with E-state index in [4.69, 9.17) is 30.4 Å². The normalized spacial score (nSPS) is 23.8. The molecule has 0 aliphatic carbocycles. The van der Waals surface area contributed by atoms with Crippen molar-refractivity contribution in [1.82, 2.24) is 19.1 Å². The summed E-state index contributed by atoms with van der Waals surface area (Å²) >= 11 is 2.57. The molecule has 2 aromatic heterocycles. The monoisotopic (exact) mass is 526 g/mol. The fraction of sp³-hybridized carbons (Fsp3) is 0.474. The third-order valence-corrected chi connectivity index (χ3v) is 6.90. The zero-order valence-electron chi connectivity index (χ0n) is 18.2. The summed E-state index contributed by atoms with van der Waals surface area (Å²) in [6, 6.07) is 2.96. The van der Waals surface area contributed by atoms with E-state index in [9.17, 15) is 19.2 Å². The second kappa shape index (κ2) is 11.1. The van der Waals surface area contributed by atoms with Crippen molar-refractivity contribution in [3.05, 3.63) is 45.5 Å².